The summed E-state index contributed by atoms with van der Waals surface area (Å²) in [5.74, 6) is 1.65. The molecule has 3 unspecified atom stereocenters. The van der Waals surface area contributed by atoms with Gasteiger partial charge in [0.05, 0.1) is 0 Å². The maximum Gasteiger partial charge on any atom is 0.0470 e. The predicted octanol–water partition coefficient (Wildman–Crippen LogP) is 1.39. The van der Waals surface area contributed by atoms with Crippen molar-refractivity contribution in [3.05, 3.63) is 0 Å². The fourth-order valence-corrected chi connectivity index (χ4v) is 3.40. The zero-order valence-electron chi connectivity index (χ0n) is 11.9. The molecule has 2 aliphatic heterocycles. The van der Waals surface area contributed by atoms with Crippen molar-refractivity contribution in [3.8, 4) is 0 Å². The summed E-state index contributed by atoms with van der Waals surface area (Å²) in [4.78, 5) is 5.27. The van der Waals surface area contributed by atoms with Crippen LogP contribution in [0.3, 0.4) is 0 Å². The van der Waals surface area contributed by atoms with E-state index in [4.69, 9.17) is 5.73 Å². The van der Waals surface area contributed by atoms with Gasteiger partial charge in [0.2, 0.25) is 0 Å². The van der Waals surface area contributed by atoms with Gasteiger partial charge in [-0.05, 0) is 32.1 Å². The molecule has 100 valence electrons. The van der Waals surface area contributed by atoms with Gasteiger partial charge >= 0.3 is 0 Å². The number of hydrogen-bond acceptors (Lipinski definition) is 3. The van der Waals surface area contributed by atoms with Gasteiger partial charge in [-0.1, -0.05) is 13.8 Å². The zero-order valence-corrected chi connectivity index (χ0v) is 11.9. The molecule has 0 bridgehead atoms. The lowest BCUT2D eigenvalue weighted by molar-refractivity contribution is 0.115. The highest BCUT2D eigenvalue weighted by Gasteiger charge is 2.45. The second kappa shape index (κ2) is 4.87. The first-order valence-electron chi connectivity index (χ1n) is 7.17. The molecule has 2 fully saturated rings. The van der Waals surface area contributed by atoms with E-state index in [1.54, 1.807) is 0 Å². The quantitative estimate of drug-likeness (QED) is 0.808. The Morgan fingerprint density at radius 2 is 1.82 bits per heavy atom. The molecule has 3 atom stereocenters. The Balaban J connectivity index is 2.06. The van der Waals surface area contributed by atoms with Crippen molar-refractivity contribution in [1.82, 2.24) is 9.80 Å². The minimum absolute atomic E-state index is 0.267. The van der Waals surface area contributed by atoms with Crippen molar-refractivity contribution < 1.29 is 0 Å². The molecule has 0 aromatic heterocycles. The first-order chi connectivity index (χ1) is 7.98. The lowest BCUT2D eigenvalue weighted by Gasteiger charge is -2.38. The van der Waals surface area contributed by atoms with Crippen LogP contribution >= 0.6 is 0 Å². The van der Waals surface area contributed by atoms with E-state index in [1.807, 2.05) is 0 Å². The Bertz CT molecular complexity index is 256. The summed E-state index contributed by atoms with van der Waals surface area (Å²) in [5, 5.41) is 0. The third kappa shape index (κ3) is 2.38. The maximum absolute atomic E-state index is 6.13. The van der Waals surface area contributed by atoms with Crippen molar-refractivity contribution in [3.63, 3.8) is 0 Å². The van der Waals surface area contributed by atoms with Crippen LogP contribution in [-0.4, -0.2) is 54.1 Å². The molecule has 3 nitrogen and oxygen atoms in total. The van der Waals surface area contributed by atoms with Crippen LogP contribution in [0.1, 0.15) is 34.1 Å². The van der Waals surface area contributed by atoms with Crippen LogP contribution in [0.5, 0.6) is 0 Å². The summed E-state index contributed by atoms with van der Waals surface area (Å²) in [6.07, 6.45) is 1.25. The fourth-order valence-electron chi connectivity index (χ4n) is 3.40. The van der Waals surface area contributed by atoms with Crippen LogP contribution in [0.15, 0.2) is 0 Å². The number of hydrogen-bond donors (Lipinski definition) is 1. The van der Waals surface area contributed by atoms with Crippen molar-refractivity contribution >= 4 is 0 Å². The largest absolute Gasteiger partial charge is 0.329 e. The standard InChI is InChI=1S/C14H29N3/c1-11(2)16-6-5-14(9-15,10-16)17-7-12(3)13(4)8-17/h11-13H,5-10,15H2,1-4H3. The monoisotopic (exact) mass is 239 g/mol. The molecule has 0 aromatic carbocycles. The second-order valence-corrected chi connectivity index (χ2v) is 6.60. The lowest BCUT2D eigenvalue weighted by Crippen LogP contribution is -2.55. The SMILES string of the molecule is CC1CN(C2(CN)CCN(C(C)C)C2)CC1C. The molecule has 2 saturated heterocycles. The lowest BCUT2D eigenvalue weighted by atomic mass is 9.96. The van der Waals surface area contributed by atoms with Crippen LogP contribution < -0.4 is 5.73 Å². The molecular formula is C14H29N3. The molecule has 2 heterocycles. The van der Waals surface area contributed by atoms with E-state index in [0.717, 1.165) is 18.4 Å². The molecule has 0 radical (unpaired) electrons. The fraction of sp³-hybridized carbons (Fsp3) is 1.00. The molecule has 0 spiro atoms. The Kier molecular flexibility index (Phi) is 3.81. The van der Waals surface area contributed by atoms with Gasteiger partial charge in [-0.2, -0.15) is 0 Å². The molecule has 2 N–H and O–H groups in total. The van der Waals surface area contributed by atoms with Crippen molar-refractivity contribution in [2.24, 2.45) is 17.6 Å². The van der Waals surface area contributed by atoms with E-state index in [1.165, 1.54) is 32.6 Å². The van der Waals surface area contributed by atoms with Crippen molar-refractivity contribution in [1.29, 1.82) is 0 Å². The molecule has 0 aromatic rings. The highest BCUT2D eigenvalue weighted by molar-refractivity contribution is 5.03. The molecule has 0 saturated carbocycles. The van der Waals surface area contributed by atoms with E-state index in [-0.39, 0.29) is 5.54 Å². The van der Waals surface area contributed by atoms with Gasteiger partial charge in [0, 0.05) is 44.3 Å². The van der Waals surface area contributed by atoms with Crippen LogP contribution in [0, 0.1) is 11.8 Å². The van der Waals surface area contributed by atoms with Gasteiger partial charge in [0.15, 0.2) is 0 Å². The molecule has 17 heavy (non-hydrogen) atoms. The average molecular weight is 239 g/mol. The van der Waals surface area contributed by atoms with Gasteiger partial charge in [0.1, 0.15) is 0 Å². The predicted molar refractivity (Wildman–Crippen MR) is 73.0 cm³/mol. The second-order valence-electron chi connectivity index (χ2n) is 6.60. The van der Waals surface area contributed by atoms with E-state index < -0.39 is 0 Å². The zero-order chi connectivity index (χ0) is 12.6. The van der Waals surface area contributed by atoms with Crippen LogP contribution in [0.4, 0.5) is 0 Å². The Morgan fingerprint density at radius 1 is 1.24 bits per heavy atom. The van der Waals surface area contributed by atoms with E-state index >= 15 is 0 Å². The molecule has 3 heteroatoms. The van der Waals surface area contributed by atoms with Crippen molar-refractivity contribution in [2.45, 2.75) is 45.7 Å². The van der Waals surface area contributed by atoms with E-state index in [0.29, 0.717) is 6.04 Å². The first-order valence-corrected chi connectivity index (χ1v) is 7.17. The minimum Gasteiger partial charge on any atom is -0.329 e. The Hall–Kier alpha value is -0.120. The van der Waals surface area contributed by atoms with Crippen LogP contribution in [-0.2, 0) is 0 Å². The Morgan fingerprint density at radius 3 is 2.24 bits per heavy atom. The molecule has 2 rings (SSSR count). The summed E-state index contributed by atoms with van der Waals surface area (Å²) in [6, 6.07) is 0.654. The van der Waals surface area contributed by atoms with Crippen LogP contribution in [0.25, 0.3) is 0 Å². The highest BCUT2D eigenvalue weighted by Crippen LogP contribution is 2.34. The first kappa shape index (κ1) is 13.3. The van der Waals surface area contributed by atoms with Crippen LogP contribution in [0.2, 0.25) is 0 Å². The molecule has 0 aliphatic carbocycles. The van der Waals surface area contributed by atoms with Gasteiger partial charge in [0.25, 0.3) is 0 Å². The number of nitrogens with two attached hydrogens (primary N) is 1. The van der Waals surface area contributed by atoms with Gasteiger partial charge in [-0.15, -0.1) is 0 Å². The Labute approximate surface area is 106 Å². The van der Waals surface area contributed by atoms with Crippen molar-refractivity contribution in [2.75, 3.05) is 32.7 Å². The minimum atomic E-state index is 0.267. The summed E-state index contributed by atoms with van der Waals surface area (Å²) >= 11 is 0. The highest BCUT2D eigenvalue weighted by atomic mass is 15.3. The van der Waals surface area contributed by atoms with Gasteiger partial charge in [-0.3, -0.25) is 9.80 Å². The summed E-state index contributed by atoms with van der Waals surface area (Å²) in [5.41, 5.74) is 6.40. The maximum atomic E-state index is 6.13. The normalized spacial score (nSPS) is 40.6. The van der Waals surface area contributed by atoms with Gasteiger partial charge in [-0.25, -0.2) is 0 Å². The van der Waals surface area contributed by atoms with E-state index in [2.05, 4.69) is 37.5 Å². The molecule has 0 amide bonds. The number of nitrogens with zero attached hydrogens (tertiary/aromatic N) is 2. The third-order valence-electron chi connectivity index (χ3n) is 5.13. The van der Waals surface area contributed by atoms with Gasteiger partial charge < -0.3 is 5.73 Å². The summed E-state index contributed by atoms with van der Waals surface area (Å²) in [7, 11) is 0. The average Bonchev–Trinajstić information content (AvgIpc) is 2.85. The summed E-state index contributed by atoms with van der Waals surface area (Å²) < 4.78 is 0. The molecule has 2 aliphatic rings. The van der Waals surface area contributed by atoms with E-state index in [9.17, 15) is 0 Å². The third-order valence-corrected chi connectivity index (χ3v) is 5.13. The summed E-state index contributed by atoms with van der Waals surface area (Å²) in [6.45, 7) is 15.0. The number of rotatable bonds is 3. The number of likely N-dealkylation sites (tertiary alicyclic amines) is 2. The molecular weight excluding hydrogens is 210 g/mol. The topological polar surface area (TPSA) is 32.5 Å². The smallest absolute Gasteiger partial charge is 0.0470 e.